The summed E-state index contributed by atoms with van der Waals surface area (Å²) in [6.07, 6.45) is 14.7. The van der Waals surface area contributed by atoms with Gasteiger partial charge in [-0.15, -0.1) is 6.58 Å². The molecular formula is C56H43N3S. The molecule has 7 aromatic rings. The Hall–Kier alpha value is -6.62. The monoisotopic (exact) mass is 789 g/mol. The van der Waals surface area contributed by atoms with E-state index in [9.17, 15) is 0 Å². The molecule has 2 aliphatic heterocycles. The van der Waals surface area contributed by atoms with Crippen molar-refractivity contribution in [3.63, 3.8) is 0 Å². The fourth-order valence-corrected chi connectivity index (χ4v) is 11.3. The molecule has 0 radical (unpaired) electrons. The minimum atomic E-state index is -0.443. The second-order valence-electron chi connectivity index (χ2n) is 16.1. The van der Waals surface area contributed by atoms with E-state index in [2.05, 4.69) is 183 Å². The summed E-state index contributed by atoms with van der Waals surface area (Å²) in [6.45, 7) is 5.22. The van der Waals surface area contributed by atoms with Gasteiger partial charge in [0.25, 0.3) is 0 Å². The van der Waals surface area contributed by atoms with Crippen LogP contribution in [0, 0.1) is 11.8 Å². The quantitative estimate of drug-likeness (QED) is 0.144. The molecule has 288 valence electrons. The lowest BCUT2D eigenvalue weighted by Gasteiger charge is -2.43. The third-order valence-electron chi connectivity index (χ3n) is 12.8. The van der Waals surface area contributed by atoms with Gasteiger partial charge in [-0.25, -0.2) is 9.97 Å². The van der Waals surface area contributed by atoms with Crippen LogP contribution in [0.25, 0.3) is 45.0 Å². The van der Waals surface area contributed by atoms with Crippen molar-refractivity contribution in [3.05, 3.63) is 233 Å². The molecule has 2 aliphatic carbocycles. The average Bonchev–Trinajstić information content (AvgIpc) is 3.61. The highest BCUT2D eigenvalue weighted by atomic mass is 32.2. The van der Waals surface area contributed by atoms with Crippen molar-refractivity contribution in [3.8, 4) is 45.0 Å². The number of aliphatic imine (C=N–C) groups is 1. The van der Waals surface area contributed by atoms with E-state index in [-0.39, 0.29) is 5.92 Å². The molecule has 0 saturated heterocycles. The molecule has 4 aliphatic rings. The first-order chi connectivity index (χ1) is 29.7. The number of thioether (sulfide) groups is 1. The maximum atomic E-state index is 5.24. The minimum absolute atomic E-state index is 0.281. The lowest BCUT2D eigenvalue weighted by molar-refractivity contribution is 0.475. The lowest BCUT2D eigenvalue weighted by atomic mass is 9.64. The Labute approximate surface area is 356 Å². The van der Waals surface area contributed by atoms with Gasteiger partial charge in [0.15, 0.2) is 5.82 Å². The molecule has 3 heterocycles. The molecule has 60 heavy (non-hydrogen) atoms. The summed E-state index contributed by atoms with van der Waals surface area (Å²) in [4.78, 5) is 17.9. The average molecular weight is 790 g/mol. The molecule has 0 N–H and O–H groups in total. The number of fused-ring (bicyclic) bond motifs is 10. The van der Waals surface area contributed by atoms with E-state index in [0.717, 1.165) is 65.4 Å². The third kappa shape index (κ3) is 6.09. The summed E-state index contributed by atoms with van der Waals surface area (Å²) in [5.74, 6) is 1.32. The highest BCUT2D eigenvalue weighted by Gasteiger charge is 2.52. The van der Waals surface area contributed by atoms with Crippen LogP contribution >= 0.6 is 11.8 Å². The van der Waals surface area contributed by atoms with Gasteiger partial charge in [-0.2, -0.15) is 0 Å². The standard InChI is InChI=1S/C56H43N3S/c1-2-37(21-15-27-50-43-22-10-9-16-38(43)32-33-57-50)41-28-30-48-53(34-41)60-54-35-42(29-31-49(54)56(48)46-25-13-11-23-44(46)45-24-12-14-26-47(45)56)55-58-51(39-17-5-3-6-18-39)36-52(59-55)40-19-7-4-8-20-40/h2-20,22-27,29-31,34-37,41H,1,21,28,32-33H2/b27-15+. The van der Waals surface area contributed by atoms with E-state index in [1.54, 1.807) is 0 Å². The predicted octanol–water partition coefficient (Wildman–Crippen LogP) is 13.5. The van der Waals surface area contributed by atoms with Crippen LogP contribution in [0.3, 0.4) is 0 Å². The van der Waals surface area contributed by atoms with Gasteiger partial charge in [-0.05, 0) is 88.3 Å². The predicted molar refractivity (Wildman–Crippen MR) is 249 cm³/mol. The normalized spacial score (nSPS) is 17.3. The maximum absolute atomic E-state index is 5.24. The van der Waals surface area contributed by atoms with Crippen LogP contribution in [0.4, 0.5) is 0 Å². The zero-order valence-electron chi connectivity index (χ0n) is 33.3. The van der Waals surface area contributed by atoms with Crippen LogP contribution in [0.5, 0.6) is 0 Å². The largest absolute Gasteiger partial charge is 0.284 e. The number of allylic oxidation sites excluding steroid dienone is 6. The third-order valence-corrected chi connectivity index (χ3v) is 13.9. The number of nitrogens with zero attached hydrogens (tertiary/aromatic N) is 3. The summed E-state index contributed by atoms with van der Waals surface area (Å²) in [6, 6.07) is 56.7. The van der Waals surface area contributed by atoms with E-state index in [0.29, 0.717) is 5.92 Å². The molecule has 4 heteroatoms. The van der Waals surface area contributed by atoms with Crippen molar-refractivity contribution in [2.45, 2.75) is 29.6 Å². The fourth-order valence-electron chi connectivity index (χ4n) is 9.95. The van der Waals surface area contributed by atoms with Crippen LogP contribution in [-0.4, -0.2) is 22.2 Å². The van der Waals surface area contributed by atoms with E-state index >= 15 is 0 Å². The zero-order chi connectivity index (χ0) is 40.0. The van der Waals surface area contributed by atoms with Gasteiger partial charge >= 0.3 is 0 Å². The molecular weight excluding hydrogens is 747 g/mol. The molecule has 0 saturated carbocycles. The molecule has 2 unspecified atom stereocenters. The van der Waals surface area contributed by atoms with Crippen molar-refractivity contribution in [2.24, 2.45) is 16.8 Å². The Morgan fingerprint density at radius 3 is 1.98 bits per heavy atom. The Morgan fingerprint density at radius 1 is 0.667 bits per heavy atom. The molecule has 1 spiro atoms. The SMILES string of the molecule is C=CC(C/C=C/C1=NCCc2ccccc21)C1C=C2Sc3cc(-c4nc(-c5ccccc5)cc(-c5ccccc5)n4)ccc3C3(C2=CC1)c1ccccc1-c1ccccc13. The van der Waals surface area contributed by atoms with E-state index in [1.807, 2.05) is 23.9 Å². The number of benzene rings is 6. The van der Waals surface area contributed by atoms with Gasteiger partial charge in [0.2, 0.25) is 0 Å². The van der Waals surface area contributed by atoms with Gasteiger partial charge in [0.1, 0.15) is 0 Å². The summed E-state index contributed by atoms with van der Waals surface area (Å²) in [5.41, 5.74) is 16.3. The van der Waals surface area contributed by atoms with Crippen molar-refractivity contribution < 1.29 is 0 Å². The summed E-state index contributed by atoms with van der Waals surface area (Å²) < 4.78 is 0. The van der Waals surface area contributed by atoms with Gasteiger partial charge in [0.05, 0.1) is 22.5 Å². The maximum Gasteiger partial charge on any atom is 0.160 e. The number of rotatable bonds is 8. The van der Waals surface area contributed by atoms with Gasteiger partial charge in [-0.3, -0.25) is 4.99 Å². The Morgan fingerprint density at radius 2 is 1.30 bits per heavy atom. The Kier molecular flexibility index (Phi) is 9.24. The fraction of sp³-hybridized carbons (Fsp3) is 0.125. The smallest absolute Gasteiger partial charge is 0.160 e. The topological polar surface area (TPSA) is 38.1 Å². The molecule has 0 fully saturated rings. The molecule has 11 rings (SSSR count). The van der Waals surface area contributed by atoms with Gasteiger partial charge in [-0.1, -0.05) is 182 Å². The number of hydrogen-bond acceptors (Lipinski definition) is 4. The molecule has 6 aromatic carbocycles. The van der Waals surface area contributed by atoms with Crippen LogP contribution in [0.1, 0.15) is 40.7 Å². The highest BCUT2D eigenvalue weighted by Crippen LogP contribution is 2.64. The second kappa shape index (κ2) is 15.2. The summed E-state index contributed by atoms with van der Waals surface area (Å²) in [7, 11) is 0. The van der Waals surface area contributed by atoms with Crippen molar-refractivity contribution in [1.82, 2.24) is 9.97 Å². The molecule has 1 aromatic heterocycles. The zero-order valence-corrected chi connectivity index (χ0v) is 34.2. The van der Waals surface area contributed by atoms with Crippen molar-refractivity contribution >= 4 is 17.5 Å². The van der Waals surface area contributed by atoms with Crippen LogP contribution in [0.15, 0.2) is 215 Å². The van der Waals surface area contributed by atoms with Crippen molar-refractivity contribution in [2.75, 3.05) is 6.54 Å². The van der Waals surface area contributed by atoms with Crippen LogP contribution in [-0.2, 0) is 11.8 Å². The van der Waals surface area contributed by atoms with Gasteiger partial charge in [0, 0.05) is 38.6 Å². The van der Waals surface area contributed by atoms with Crippen LogP contribution < -0.4 is 0 Å². The summed E-state index contributed by atoms with van der Waals surface area (Å²) in [5, 5.41) is 0. The molecule has 0 bridgehead atoms. The molecule has 3 nitrogen and oxygen atoms in total. The Balaban J connectivity index is 1.03. The molecule has 2 atom stereocenters. The first-order valence-electron chi connectivity index (χ1n) is 21.1. The van der Waals surface area contributed by atoms with E-state index in [1.165, 1.54) is 54.3 Å². The lowest BCUT2D eigenvalue weighted by Crippen LogP contribution is -2.34. The minimum Gasteiger partial charge on any atom is -0.284 e. The van der Waals surface area contributed by atoms with Crippen molar-refractivity contribution in [1.29, 1.82) is 0 Å². The first kappa shape index (κ1) is 36.5. The van der Waals surface area contributed by atoms with Gasteiger partial charge < -0.3 is 0 Å². The molecule has 0 amide bonds. The number of hydrogen-bond donors (Lipinski definition) is 0. The van der Waals surface area contributed by atoms with E-state index < -0.39 is 5.41 Å². The highest BCUT2D eigenvalue weighted by molar-refractivity contribution is 8.03. The van der Waals surface area contributed by atoms with E-state index in [4.69, 9.17) is 15.0 Å². The number of aromatic nitrogens is 2. The second-order valence-corrected chi connectivity index (χ2v) is 17.2. The summed E-state index contributed by atoms with van der Waals surface area (Å²) >= 11 is 1.90. The van der Waals surface area contributed by atoms with Crippen LogP contribution in [0.2, 0.25) is 0 Å². The Bertz CT molecular complexity index is 2830. The first-order valence-corrected chi connectivity index (χ1v) is 21.9.